The third-order valence-corrected chi connectivity index (χ3v) is 4.13. The molecule has 25 heavy (non-hydrogen) atoms. The lowest BCUT2D eigenvalue weighted by molar-refractivity contribution is 0.0932. The number of hydrogen-bond donors (Lipinski definition) is 1. The maximum Gasteiger partial charge on any atom is 0.251 e. The lowest BCUT2D eigenvalue weighted by atomic mass is 10.1. The summed E-state index contributed by atoms with van der Waals surface area (Å²) < 4.78 is 21.7. The van der Waals surface area contributed by atoms with Crippen molar-refractivity contribution in [3.05, 3.63) is 47.5 Å². The zero-order valence-electron chi connectivity index (χ0n) is 14.5. The number of carbonyl (C=O) groups excluding carboxylic acids is 1. The zero-order valence-corrected chi connectivity index (χ0v) is 14.5. The molecule has 1 heterocycles. The van der Waals surface area contributed by atoms with Crippen LogP contribution in [-0.2, 0) is 6.42 Å². The second-order valence-corrected chi connectivity index (χ2v) is 5.68. The van der Waals surface area contributed by atoms with E-state index < -0.39 is 0 Å². The third-order valence-electron chi connectivity index (χ3n) is 4.13. The van der Waals surface area contributed by atoms with E-state index in [1.807, 2.05) is 24.3 Å². The molecule has 1 N–H and O–H groups in total. The number of hydrogen-bond acceptors (Lipinski definition) is 5. The minimum atomic E-state index is -0.223. The van der Waals surface area contributed by atoms with Crippen LogP contribution in [0.15, 0.2) is 36.4 Å². The maximum atomic E-state index is 12.5. The van der Waals surface area contributed by atoms with Gasteiger partial charge < -0.3 is 24.3 Å². The molecule has 132 valence electrons. The number of fused-ring (bicyclic) bond motifs is 1. The molecule has 6 heteroatoms. The van der Waals surface area contributed by atoms with E-state index >= 15 is 0 Å². The highest BCUT2D eigenvalue weighted by molar-refractivity contribution is 5.95. The van der Waals surface area contributed by atoms with Crippen molar-refractivity contribution in [2.45, 2.75) is 12.5 Å². The molecule has 1 amide bonds. The molecule has 1 aliphatic heterocycles. The Balaban J connectivity index is 1.68. The van der Waals surface area contributed by atoms with Crippen LogP contribution in [0.3, 0.4) is 0 Å². The van der Waals surface area contributed by atoms with Gasteiger partial charge in [0.25, 0.3) is 5.91 Å². The van der Waals surface area contributed by atoms with Crippen LogP contribution in [0.4, 0.5) is 0 Å². The number of nitrogens with one attached hydrogen (secondary N) is 1. The maximum absolute atomic E-state index is 12.5. The van der Waals surface area contributed by atoms with Crippen molar-refractivity contribution in [1.29, 1.82) is 0 Å². The smallest absolute Gasteiger partial charge is 0.251 e. The van der Waals surface area contributed by atoms with Crippen LogP contribution >= 0.6 is 0 Å². The van der Waals surface area contributed by atoms with E-state index in [0.717, 1.165) is 17.7 Å². The first-order valence-electron chi connectivity index (χ1n) is 7.99. The average molecular weight is 343 g/mol. The average Bonchev–Trinajstić information content (AvgIpc) is 3.07. The molecule has 0 aromatic heterocycles. The van der Waals surface area contributed by atoms with Gasteiger partial charge in [-0.1, -0.05) is 18.2 Å². The van der Waals surface area contributed by atoms with Gasteiger partial charge in [-0.3, -0.25) is 4.79 Å². The Morgan fingerprint density at radius 2 is 1.80 bits per heavy atom. The van der Waals surface area contributed by atoms with E-state index in [4.69, 9.17) is 18.9 Å². The van der Waals surface area contributed by atoms with Crippen molar-refractivity contribution in [1.82, 2.24) is 5.32 Å². The number of rotatable bonds is 6. The van der Waals surface area contributed by atoms with Gasteiger partial charge in [-0.05, 0) is 23.8 Å². The molecule has 0 spiro atoms. The number of ether oxygens (including phenoxy) is 4. The number of methoxy groups -OCH3 is 3. The van der Waals surface area contributed by atoms with Gasteiger partial charge in [0.1, 0.15) is 11.9 Å². The predicted octanol–water partition coefficient (Wildman–Crippen LogP) is 2.45. The molecule has 6 nitrogen and oxygen atoms in total. The van der Waals surface area contributed by atoms with Crippen LogP contribution in [0.2, 0.25) is 0 Å². The minimum Gasteiger partial charge on any atom is -0.493 e. The Bertz CT molecular complexity index is 724. The van der Waals surface area contributed by atoms with Gasteiger partial charge >= 0.3 is 0 Å². The second-order valence-electron chi connectivity index (χ2n) is 5.68. The van der Waals surface area contributed by atoms with Gasteiger partial charge in [-0.25, -0.2) is 0 Å². The summed E-state index contributed by atoms with van der Waals surface area (Å²) >= 11 is 0. The summed E-state index contributed by atoms with van der Waals surface area (Å²) in [6, 6.07) is 11.2. The summed E-state index contributed by atoms with van der Waals surface area (Å²) in [6.45, 7) is 0.421. The lowest BCUT2D eigenvalue weighted by Crippen LogP contribution is -2.34. The molecular formula is C19H21NO5. The van der Waals surface area contributed by atoms with Crippen molar-refractivity contribution in [3.63, 3.8) is 0 Å². The molecule has 0 fully saturated rings. The molecule has 0 radical (unpaired) electrons. The fraction of sp³-hybridized carbons (Fsp3) is 0.316. The van der Waals surface area contributed by atoms with Crippen LogP contribution < -0.4 is 24.3 Å². The molecular weight excluding hydrogens is 322 g/mol. The van der Waals surface area contributed by atoms with E-state index in [0.29, 0.717) is 29.4 Å². The van der Waals surface area contributed by atoms with E-state index in [1.165, 1.54) is 21.3 Å². The standard InChI is InChI=1S/C19H21NO5/c1-22-16-9-13(10-17(23-2)18(16)24-3)19(21)20-11-14-8-12-6-4-5-7-15(12)25-14/h4-7,9-10,14H,8,11H2,1-3H3,(H,20,21). The summed E-state index contributed by atoms with van der Waals surface area (Å²) in [5.41, 5.74) is 1.60. The summed E-state index contributed by atoms with van der Waals surface area (Å²) in [5.74, 6) is 2.00. The lowest BCUT2D eigenvalue weighted by Gasteiger charge is -2.15. The van der Waals surface area contributed by atoms with E-state index in [1.54, 1.807) is 12.1 Å². The van der Waals surface area contributed by atoms with Crippen LogP contribution in [0.25, 0.3) is 0 Å². The summed E-state index contributed by atoms with van der Waals surface area (Å²) in [4.78, 5) is 12.5. The molecule has 2 aromatic carbocycles. The summed E-state index contributed by atoms with van der Waals surface area (Å²) in [6.07, 6.45) is 0.717. The number of carbonyl (C=O) groups is 1. The molecule has 0 saturated carbocycles. The Morgan fingerprint density at radius 3 is 2.40 bits per heavy atom. The van der Waals surface area contributed by atoms with Crippen molar-refractivity contribution >= 4 is 5.91 Å². The van der Waals surface area contributed by atoms with Crippen LogP contribution in [0.1, 0.15) is 15.9 Å². The summed E-state index contributed by atoms with van der Waals surface area (Å²) in [5, 5.41) is 2.90. The Labute approximate surface area is 146 Å². The molecule has 3 rings (SSSR count). The first-order valence-corrected chi connectivity index (χ1v) is 7.99. The fourth-order valence-corrected chi connectivity index (χ4v) is 2.89. The minimum absolute atomic E-state index is 0.0663. The normalized spacial score (nSPS) is 15.1. The van der Waals surface area contributed by atoms with Crippen molar-refractivity contribution in [2.24, 2.45) is 0 Å². The van der Waals surface area contributed by atoms with Gasteiger partial charge in [0.15, 0.2) is 11.5 Å². The van der Waals surface area contributed by atoms with E-state index in [-0.39, 0.29) is 12.0 Å². The predicted molar refractivity (Wildman–Crippen MR) is 93.0 cm³/mol. The molecule has 0 aliphatic carbocycles. The third kappa shape index (κ3) is 3.47. The fourth-order valence-electron chi connectivity index (χ4n) is 2.89. The molecule has 0 bridgehead atoms. The molecule has 0 saturated heterocycles. The first-order chi connectivity index (χ1) is 12.2. The largest absolute Gasteiger partial charge is 0.493 e. The van der Waals surface area contributed by atoms with Crippen LogP contribution in [-0.4, -0.2) is 39.9 Å². The van der Waals surface area contributed by atoms with Crippen LogP contribution in [0, 0.1) is 0 Å². The zero-order chi connectivity index (χ0) is 17.8. The summed E-state index contributed by atoms with van der Waals surface area (Å²) in [7, 11) is 4.56. The molecule has 1 aliphatic rings. The Hall–Kier alpha value is -2.89. The SMILES string of the molecule is COc1cc(C(=O)NCC2Cc3ccccc3O2)cc(OC)c1OC. The van der Waals surface area contributed by atoms with Gasteiger partial charge in [0, 0.05) is 12.0 Å². The van der Waals surface area contributed by atoms with Gasteiger partial charge in [-0.2, -0.15) is 0 Å². The van der Waals surface area contributed by atoms with E-state index in [9.17, 15) is 4.79 Å². The van der Waals surface area contributed by atoms with Crippen molar-refractivity contribution in [2.75, 3.05) is 27.9 Å². The van der Waals surface area contributed by atoms with Gasteiger partial charge in [0.2, 0.25) is 5.75 Å². The molecule has 1 atom stereocenters. The number of benzene rings is 2. The molecule has 1 unspecified atom stereocenters. The first kappa shape index (κ1) is 17.0. The van der Waals surface area contributed by atoms with Gasteiger partial charge in [0.05, 0.1) is 27.9 Å². The highest BCUT2D eigenvalue weighted by Gasteiger charge is 2.23. The van der Waals surface area contributed by atoms with E-state index in [2.05, 4.69) is 5.32 Å². The number of amides is 1. The monoisotopic (exact) mass is 343 g/mol. The highest BCUT2D eigenvalue weighted by Crippen LogP contribution is 2.38. The van der Waals surface area contributed by atoms with Crippen molar-refractivity contribution < 1.29 is 23.7 Å². The number of para-hydroxylation sites is 1. The highest BCUT2D eigenvalue weighted by atomic mass is 16.5. The Kier molecular flexibility index (Phi) is 4.97. The quantitative estimate of drug-likeness (QED) is 0.873. The van der Waals surface area contributed by atoms with Gasteiger partial charge in [-0.15, -0.1) is 0 Å². The topological polar surface area (TPSA) is 66.0 Å². The second kappa shape index (κ2) is 7.34. The van der Waals surface area contributed by atoms with Crippen molar-refractivity contribution in [3.8, 4) is 23.0 Å². The Morgan fingerprint density at radius 1 is 1.12 bits per heavy atom. The van der Waals surface area contributed by atoms with Crippen LogP contribution in [0.5, 0.6) is 23.0 Å². The molecule has 2 aromatic rings.